The molecule has 482 valence electrons. The van der Waals surface area contributed by atoms with Gasteiger partial charge in [0.15, 0.2) is 0 Å². The van der Waals surface area contributed by atoms with Crippen LogP contribution in [-0.2, 0) is 14.3 Å². The van der Waals surface area contributed by atoms with Crippen LogP contribution in [0.1, 0.15) is 431 Å². The molecule has 0 fully saturated rings. The van der Waals surface area contributed by atoms with Gasteiger partial charge in [0.25, 0.3) is 0 Å². The van der Waals surface area contributed by atoms with Crippen LogP contribution in [0.25, 0.3) is 0 Å². The summed E-state index contributed by atoms with van der Waals surface area (Å²) in [7, 11) is 0. The van der Waals surface area contributed by atoms with Gasteiger partial charge in [-0.15, -0.1) is 0 Å². The fraction of sp³-hybridized carbons (Fsp3) is 0.947. The van der Waals surface area contributed by atoms with E-state index in [1.165, 1.54) is 360 Å². The van der Waals surface area contributed by atoms with Crippen LogP contribution in [0.3, 0.4) is 0 Å². The number of ether oxygens (including phenoxy) is 1. The average Bonchev–Trinajstić information content (AvgIpc) is 3.47. The van der Waals surface area contributed by atoms with Crippen molar-refractivity contribution in [3.8, 4) is 0 Å². The lowest BCUT2D eigenvalue weighted by Gasteiger charge is -2.22. The maximum atomic E-state index is 12.5. The number of esters is 1. The van der Waals surface area contributed by atoms with Crippen molar-refractivity contribution in [2.75, 3.05) is 13.2 Å². The minimum absolute atomic E-state index is 0.0227. The van der Waals surface area contributed by atoms with Crippen molar-refractivity contribution in [2.45, 2.75) is 443 Å². The van der Waals surface area contributed by atoms with Crippen molar-refractivity contribution in [1.82, 2.24) is 5.32 Å². The number of aliphatic hydroxyl groups excluding tert-OH is 2. The Hall–Kier alpha value is -1.40. The molecule has 2 atom stereocenters. The zero-order valence-electron chi connectivity index (χ0n) is 55.3. The Bertz CT molecular complexity index is 1220. The molecule has 0 rings (SSSR count). The molecular formula is C75H147NO5. The molecular weight excluding hydrogens is 995 g/mol. The molecule has 0 aromatic carbocycles. The first-order valence-corrected chi connectivity index (χ1v) is 37.4. The van der Waals surface area contributed by atoms with E-state index >= 15 is 0 Å². The molecule has 0 aliphatic rings. The summed E-state index contributed by atoms with van der Waals surface area (Å²) in [6.45, 7) is 5.00. The number of carbonyl (C=O) groups is 2. The summed E-state index contributed by atoms with van der Waals surface area (Å²) >= 11 is 0. The van der Waals surface area contributed by atoms with Gasteiger partial charge in [0.05, 0.1) is 25.4 Å². The lowest BCUT2D eigenvalue weighted by Crippen LogP contribution is -2.45. The lowest BCUT2D eigenvalue weighted by atomic mass is 10.0. The number of unbranched alkanes of at least 4 members (excludes halogenated alkanes) is 58. The topological polar surface area (TPSA) is 95.9 Å². The van der Waals surface area contributed by atoms with Gasteiger partial charge in [-0.25, -0.2) is 0 Å². The largest absolute Gasteiger partial charge is 0.466 e. The summed E-state index contributed by atoms with van der Waals surface area (Å²) < 4.78 is 5.49. The van der Waals surface area contributed by atoms with Crippen LogP contribution in [0.5, 0.6) is 0 Å². The van der Waals surface area contributed by atoms with E-state index in [2.05, 4.69) is 31.3 Å². The maximum Gasteiger partial charge on any atom is 0.305 e. The summed E-state index contributed by atoms with van der Waals surface area (Å²) in [5, 5.41) is 23.4. The minimum Gasteiger partial charge on any atom is -0.466 e. The van der Waals surface area contributed by atoms with Gasteiger partial charge in [0.2, 0.25) is 5.91 Å². The maximum absolute atomic E-state index is 12.5. The van der Waals surface area contributed by atoms with Gasteiger partial charge < -0.3 is 20.3 Å². The van der Waals surface area contributed by atoms with Crippen LogP contribution in [-0.4, -0.2) is 47.4 Å². The van der Waals surface area contributed by atoms with E-state index in [1.54, 1.807) is 0 Å². The standard InChI is InChI=1S/C75H147NO5/c1-3-5-7-9-11-13-15-17-18-40-44-47-51-55-59-63-67-73(78)72(71-77)76-74(79)68-64-60-56-52-48-45-41-38-36-34-32-30-28-26-24-22-20-19-21-23-25-27-29-31-33-35-37-39-42-46-50-54-58-62-66-70-81-75(80)69-65-61-57-53-49-43-16-14-12-10-8-6-4-2/h21,23,72-73,77-78H,3-20,22,24-71H2,1-2H3,(H,76,79)/b23-21-. The molecule has 0 bridgehead atoms. The van der Waals surface area contributed by atoms with E-state index in [-0.39, 0.29) is 18.5 Å². The summed E-state index contributed by atoms with van der Waals surface area (Å²) in [4.78, 5) is 24.6. The Kier molecular flexibility index (Phi) is 69.9. The third kappa shape index (κ3) is 67.6. The molecule has 0 aliphatic heterocycles. The normalized spacial score (nSPS) is 12.5. The number of aliphatic hydroxyl groups is 2. The van der Waals surface area contributed by atoms with Crippen molar-refractivity contribution in [1.29, 1.82) is 0 Å². The highest BCUT2D eigenvalue weighted by atomic mass is 16.5. The van der Waals surface area contributed by atoms with E-state index in [0.29, 0.717) is 25.9 Å². The van der Waals surface area contributed by atoms with Gasteiger partial charge in [-0.05, 0) is 51.4 Å². The molecule has 6 nitrogen and oxygen atoms in total. The molecule has 6 heteroatoms. The zero-order valence-corrected chi connectivity index (χ0v) is 55.3. The van der Waals surface area contributed by atoms with Crippen LogP contribution in [0.15, 0.2) is 12.2 Å². The number of hydrogen-bond donors (Lipinski definition) is 3. The molecule has 0 aromatic rings. The van der Waals surface area contributed by atoms with E-state index in [1.807, 2.05) is 0 Å². The number of nitrogens with one attached hydrogen (secondary N) is 1. The molecule has 0 spiro atoms. The van der Waals surface area contributed by atoms with Crippen LogP contribution in [0.4, 0.5) is 0 Å². The quantitative estimate of drug-likeness (QED) is 0.0320. The monoisotopic (exact) mass is 1140 g/mol. The van der Waals surface area contributed by atoms with Gasteiger partial charge in [0, 0.05) is 12.8 Å². The summed E-state index contributed by atoms with van der Waals surface area (Å²) in [6.07, 6.45) is 88.6. The van der Waals surface area contributed by atoms with Crippen LogP contribution < -0.4 is 5.32 Å². The molecule has 0 saturated carbocycles. The van der Waals surface area contributed by atoms with Gasteiger partial charge in [-0.1, -0.05) is 379 Å². The second-order valence-corrected chi connectivity index (χ2v) is 26.0. The number of hydrogen-bond acceptors (Lipinski definition) is 5. The van der Waals surface area contributed by atoms with Crippen LogP contribution >= 0.6 is 0 Å². The van der Waals surface area contributed by atoms with Gasteiger partial charge in [-0.3, -0.25) is 9.59 Å². The molecule has 0 heterocycles. The van der Waals surface area contributed by atoms with E-state index in [4.69, 9.17) is 4.74 Å². The highest BCUT2D eigenvalue weighted by Crippen LogP contribution is 2.20. The number of rotatable bonds is 71. The average molecular weight is 1140 g/mol. The van der Waals surface area contributed by atoms with Crippen molar-refractivity contribution in [3.63, 3.8) is 0 Å². The third-order valence-electron chi connectivity index (χ3n) is 17.8. The fourth-order valence-electron chi connectivity index (χ4n) is 12.1. The summed E-state index contributed by atoms with van der Waals surface area (Å²) in [5.74, 6) is -0.00466. The molecule has 2 unspecified atom stereocenters. The number of amides is 1. The highest BCUT2D eigenvalue weighted by Gasteiger charge is 2.20. The summed E-state index contributed by atoms with van der Waals surface area (Å²) in [5.41, 5.74) is 0. The Morgan fingerprint density at radius 1 is 0.333 bits per heavy atom. The van der Waals surface area contributed by atoms with Gasteiger partial charge >= 0.3 is 5.97 Å². The van der Waals surface area contributed by atoms with Gasteiger partial charge in [0.1, 0.15) is 0 Å². The molecule has 0 aliphatic carbocycles. The smallest absolute Gasteiger partial charge is 0.305 e. The minimum atomic E-state index is -0.661. The number of allylic oxidation sites excluding steroid dienone is 2. The Morgan fingerprint density at radius 2 is 0.580 bits per heavy atom. The highest BCUT2D eigenvalue weighted by molar-refractivity contribution is 5.76. The first kappa shape index (κ1) is 79.6. The van der Waals surface area contributed by atoms with Crippen molar-refractivity contribution < 1.29 is 24.5 Å². The molecule has 0 saturated heterocycles. The third-order valence-corrected chi connectivity index (χ3v) is 17.8. The molecule has 1 amide bonds. The van der Waals surface area contributed by atoms with E-state index in [9.17, 15) is 19.8 Å². The van der Waals surface area contributed by atoms with Crippen LogP contribution in [0, 0.1) is 0 Å². The van der Waals surface area contributed by atoms with Gasteiger partial charge in [-0.2, -0.15) is 0 Å². The second kappa shape index (κ2) is 71.1. The Balaban J connectivity index is 3.32. The van der Waals surface area contributed by atoms with Crippen LogP contribution in [0.2, 0.25) is 0 Å². The predicted octanol–water partition coefficient (Wildman–Crippen LogP) is 24.3. The first-order valence-electron chi connectivity index (χ1n) is 37.4. The molecule has 3 N–H and O–H groups in total. The zero-order chi connectivity index (χ0) is 58.5. The van der Waals surface area contributed by atoms with E-state index < -0.39 is 12.1 Å². The molecule has 81 heavy (non-hydrogen) atoms. The summed E-state index contributed by atoms with van der Waals surface area (Å²) in [6, 6.07) is -0.538. The Labute approximate surface area is 508 Å². The number of carbonyl (C=O) groups excluding carboxylic acids is 2. The lowest BCUT2D eigenvalue weighted by molar-refractivity contribution is -0.143. The fourth-order valence-corrected chi connectivity index (χ4v) is 12.1. The second-order valence-electron chi connectivity index (χ2n) is 26.0. The van der Waals surface area contributed by atoms with Crippen molar-refractivity contribution >= 4 is 11.9 Å². The predicted molar refractivity (Wildman–Crippen MR) is 357 cm³/mol. The Morgan fingerprint density at radius 3 is 0.877 bits per heavy atom. The molecule has 0 radical (unpaired) electrons. The van der Waals surface area contributed by atoms with Crippen molar-refractivity contribution in [2.24, 2.45) is 0 Å². The first-order chi connectivity index (χ1) is 40.0. The molecule has 0 aromatic heterocycles. The SMILES string of the molecule is CCCCCCCCCCCCCCCCCCC(O)C(CO)NC(=O)CCCCCCCCCCCCCCCCCCC/C=C\CCCCCCCCCCCCCCCCOC(=O)CCCCCCCCCCCCCCC. The van der Waals surface area contributed by atoms with E-state index in [0.717, 1.165) is 38.5 Å². The van der Waals surface area contributed by atoms with Crippen molar-refractivity contribution in [3.05, 3.63) is 12.2 Å².